The maximum Gasteiger partial charge on any atom is 0.195 e. The Balaban J connectivity index is 1.38. The Bertz CT molecular complexity index is 924. The van der Waals surface area contributed by atoms with Gasteiger partial charge in [-0.25, -0.2) is 9.97 Å². The molecule has 0 aliphatic rings. The second kappa shape index (κ2) is 6.08. The largest absolute Gasteiger partial charge is 0.441 e. The highest BCUT2D eigenvalue weighted by atomic mass is 32.2. The third kappa shape index (κ3) is 2.84. The Morgan fingerprint density at radius 3 is 2.61 bits per heavy atom. The normalized spacial score (nSPS) is 11.5. The van der Waals surface area contributed by atoms with Crippen molar-refractivity contribution in [3.63, 3.8) is 0 Å². The van der Waals surface area contributed by atoms with Crippen molar-refractivity contribution in [3.05, 3.63) is 54.4 Å². The highest BCUT2D eigenvalue weighted by Crippen LogP contribution is 2.24. The number of rotatable bonds is 5. The first-order chi connectivity index (χ1) is 11.3. The van der Waals surface area contributed by atoms with Crippen molar-refractivity contribution in [2.75, 3.05) is 5.75 Å². The molecule has 0 aliphatic carbocycles. The lowest BCUT2D eigenvalue weighted by molar-refractivity contribution is 0.526. The van der Waals surface area contributed by atoms with Gasteiger partial charge >= 0.3 is 0 Å². The minimum Gasteiger partial charge on any atom is -0.441 e. The fourth-order valence-corrected chi connectivity index (χ4v) is 3.59. The molecule has 5 heteroatoms. The van der Waals surface area contributed by atoms with Gasteiger partial charge in [-0.3, -0.25) is 0 Å². The first-order valence-corrected chi connectivity index (χ1v) is 8.68. The maximum absolute atomic E-state index is 5.75. The van der Waals surface area contributed by atoms with E-state index in [-0.39, 0.29) is 0 Å². The van der Waals surface area contributed by atoms with Gasteiger partial charge in [-0.05, 0) is 30.7 Å². The van der Waals surface area contributed by atoms with Crippen LogP contribution in [-0.4, -0.2) is 20.3 Å². The number of imidazole rings is 1. The van der Waals surface area contributed by atoms with Crippen molar-refractivity contribution >= 4 is 33.9 Å². The molecule has 4 nitrogen and oxygen atoms in total. The first kappa shape index (κ1) is 14.3. The molecule has 0 amide bonds. The van der Waals surface area contributed by atoms with Crippen LogP contribution >= 0.6 is 11.8 Å². The van der Waals surface area contributed by atoms with Crippen molar-refractivity contribution in [1.82, 2.24) is 14.5 Å². The highest BCUT2D eigenvalue weighted by molar-refractivity contribution is 7.99. The van der Waals surface area contributed by atoms with Gasteiger partial charge in [-0.2, -0.15) is 0 Å². The molecule has 0 atom stereocenters. The molecule has 0 saturated carbocycles. The average molecular weight is 323 g/mol. The summed E-state index contributed by atoms with van der Waals surface area (Å²) >= 11 is 1.78. The molecule has 0 spiro atoms. The molecular weight excluding hydrogens is 306 g/mol. The van der Waals surface area contributed by atoms with E-state index in [1.54, 1.807) is 11.8 Å². The Labute approximate surface area is 138 Å². The van der Waals surface area contributed by atoms with Gasteiger partial charge in [0, 0.05) is 19.2 Å². The second-order valence-electron chi connectivity index (χ2n) is 5.47. The van der Waals surface area contributed by atoms with Crippen LogP contribution < -0.4 is 0 Å². The zero-order valence-corrected chi connectivity index (χ0v) is 13.7. The summed E-state index contributed by atoms with van der Waals surface area (Å²) in [6.45, 7) is 0. The van der Waals surface area contributed by atoms with Gasteiger partial charge in [-0.15, -0.1) is 0 Å². The van der Waals surface area contributed by atoms with E-state index in [1.165, 1.54) is 5.52 Å². The summed E-state index contributed by atoms with van der Waals surface area (Å²) in [6.07, 6.45) is 1.87. The molecule has 116 valence electrons. The summed E-state index contributed by atoms with van der Waals surface area (Å²) in [5, 5.41) is 1.06. The molecule has 0 saturated heterocycles. The number of nitrogens with zero attached hydrogens (tertiary/aromatic N) is 3. The molecule has 0 radical (unpaired) electrons. The van der Waals surface area contributed by atoms with E-state index in [9.17, 15) is 0 Å². The van der Waals surface area contributed by atoms with Crippen LogP contribution in [0.15, 0.2) is 58.1 Å². The zero-order chi connectivity index (χ0) is 15.6. The van der Waals surface area contributed by atoms with Crippen molar-refractivity contribution in [2.45, 2.75) is 18.0 Å². The lowest BCUT2D eigenvalue weighted by atomic mass is 10.3. The van der Waals surface area contributed by atoms with Crippen molar-refractivity contribution in [3.8, 4) is 0 Å². The maximum atomic E-state index is 5.75. The number of hydrogen-bond donors (Lipinski definition) is 0. The van der Waals surface area contributed by atoms with Gasteiger partial charge in [0.1, 0.15) is 5.52 Å². The predicted octanol–water partition coefficient (Wildman–Crippen LogP) is 4.44. The number of para-hydroxylation sites is 4. The molecule has 2 aromatic heterocycles. The predicted molar refractivity (Wildman–Crippen MR) is 93.8 cm³/mol. The molecule has 23 heavy (non-hydrogen) atoms. The van der Waals surface area contributed by atoms with Gasteiger partial charge in [0.15, 0.2) is 16.6 Å². The summed E-state index contributed by atoms with van der Waals surface area (Å²) in [6, 6.07) is 16.1. The molecular formula is C18H17N3OS. The Hall–Kier alpha value is -2.27. The molecule has 0 unspecified atom stereocenters. The van der Waals surface area contributed by atoms with Gasteiger partial charge in [-0.1, -0.05) is 36.0 Å². The molecule has 0 N–H and O–H groups in total. The van der Waals surface area contributed by atoms with E-state index < -0.39 is 0 Å². The van der Waals surface area contributed by atoms with E-state index in [0.717, 1.165) is 46.3 Å². The van der Waals surface area contributed by atoms with E-state index in [1.807, 2.05) is 36.4 Å². The number of benzene rings is 2. The quantitative estimate of drug-likeness (QED) is 0.402. The summed E-state index contributed by atoms with van der Waals surface area (Å²) in [5.74, 6) is 1.81. The van der Waals surface area contributed by atoms with Crippen LogP contribution in [0.4, 0.5) is 0 Å². The van der Waals surface area contributed by atoms with E-state index in [2.05, 4.69) is 33.7 Å². The van der Waals surface area contributed by atoms with Gasteiger partial charge < -0.3 is 8.98 Å². The lowest BCUT2D eigenvalue weighted by Crippen LogP contribution is -1.93. The molecule has 0 aliphatic heterocycles. The van der Waals surface area contributed by atoms with E-state index in [0.29, 0.717) is 0 Å². The number of hydrogen-bond acceptors (Lipinski definition) is 4. The van der Waals surface area contributed by atoms with Crippen LogP contribution in [0.5, 0.6) is 0 Å². The average Bonchev–Trinajstić information content (AvgIpc) is 3.13. The molecule has 2 heterocycles. The number of aryl methyl sites for hydroxylation is 2. The number of oxazole rings is 1. The lowest BCUT2D eigenvalue weighted by Gasteiger charge is -2.01. The minimum absolute atomic E-state index is 0.816. The number of aromatic nitrogens is 3. The zero-order valence-electron chi connectivity index (χ0n) is 12.9. The molecule has 0 bridgehead atoms. The Morgan fingerprint density at radius 2 is 1.78 bits per heavy atom. The third-order valence-corrected chi connectivity index (χ3v) is 4.97. The van der Waals surface area contributed by atoms with Gasteiger partial charge in [0.2, 0.25) is 0 Å². The van der Waals surface area contributed by atoms with E-state index in [4.69, 9.17) is 4.42 Å². The van der Waals surface area contributed by atoms with Crippen LogP contribution in [0.1, 0.15) is 12.3 Å². The summed E-state index contributed by atoms with van der Waals surface area (Å²) in [4.78, 5) is 9.19. The molecule has 4 rings (SSSR count). The SMILES string of the molecule is Cn1c(SCCCc2nc3ccccc3o2)nc2ccccc21. The Morgan fingerprint density at radius 1 is 1.00 bits per heavy atom. The second-order valence-corrected chi connectivity index (χ2v) is 6.53. The third-order valence-electron chi connectivity index (χ3n) is 3.85. The molecule has 0 fully saturated rings. The number of fused-ring (bicyclic) bond motifs is 2. The van der Waals surface area contributed by atoms with Gasteiger partial charge in [0.05, 0.1) is 11.0 Å². The van der Waals surface area contributed by atoms with Crippen LogP contribution in [0, 0.1) is 0 Å². The van der Waals surface area contributed by atoms with Crippen LogP contribution in [0.3, 0.4) is 0 Å². The first-order valence-electron chi connectivity index (χ1n) is 7.70. The highest BCUT2D eigenvalue weighted by Gasteiger charge is 2.08. The van der Waals surface area contributed by atoms with Crippen molar-refractivity contribution < 1.29 is 4.42 Å². The van der Waals surface area contributed by atoms with Crippen LogP contribution in [0.2, 0.25) is 0 Å². The summed E-state index contributed by atoms with van der Waals surface area (Å²) in [7, 11) is 2.07. The van der Waals surface area contributed by atoms with Crippen LogP contribution in [-0.2, 0) is 13.5 Å². The van der Waals surface area contributed by atoms with E-state index >= 15 is 0 Å². The summed E-state index contributed by atoms with van der Waals surface area (Å²) in [5.41, 5.74) is 4.03. The summed E-state index contributed by atoms with van der Waals surface area (Å²) < 4.78 is 7.90. The fraction of sp³-hybridized carbons (Fsp3) is 0.222. The topological polar surface area (TPSA) is 43.9 Å². The van der Waals surface area contributed by atoms with Gasteiger partial charge in [0.25, 0.3) is 0 Å². The Kier molecular flexibility index (Phi) is 3.79. The minimum atomic E-state index is 0.816. The van der Waals surface area contributed by atoms with Crippen molar-refractivity contribution in [2.24, 2.45) is 7.05 Å². The standard InChI is InChI=1S/C18H17N3OS/c1-21-15-9-4-2-7-13(15)20-18(21)23-12-6-11-17-19-14-8-3-5-10-16(14)22-17/h2-5,7-10H,6,11-12H2,1H3. The van der Waals surface area contributed by atoms with Crippen LogP contribution in [0.25, 0.3) is 22.1 Å². The molecule has 2 aromatic carbocycles. The number of thioether (sulfide) groups is 1. The van der Waals surface area contributed by atoms with Crippen molar-refractivity contribution in [1.29, 1.82) is 0 Å². The molecule has 4 aromatic rings. The smallest absolute Gasteiger partial charge is 0.195 e. The fourth-order valence-electron chi connectivity index (χ4n) is 2.67. The monoisotopic (exact) mass is 323 g/mol.